The van der Waals surface area contributed by atoms with Crippen molar-refractivity contribution in [3.8, 4) is 11.3 Å². The molecule has 0 fully saturated rings. The molecule has 4 rings (SSSR count). The van der Waals surface area contributed by atoms with Crippen LogP contribution in [0.3, 0.4) is 0 Å². The quantitative estimate of drug-likeness (QED) is 0.554. The van der Waals surface area contributed by atoms with E-state index in [0.717, 1.165) is 28.2 Å². The van der Waals surface area contributed by atoms with Crippen molar-refractivity contribution in [1.29, 1.82) is 0 Å². The van der Waals surface area contributed by atoms with E-state index in [9.17, 15) is 4.79 Å². The first-order valence-corrected chi connectivity index (χ1v) is 8.65. The van der Waals surface area contributed by atoms with E-state index in [1.54, 1.807) is 12.3 Å². The molecule has 0 aliphatic carbocycles. The van der Waals surface area contributed by atoms with Gasteiger partial charge in [-0.25, -0.2) is 9.97 Å². The highest BCUT2D eigenvalue weighted by atomic mass is 16.1. The lowest BCUT2D eigenvalue weighted by molar-refractivity contribution is -0.111. The molecular weight excluding hydrogens is 336 g/mol. The molecule has 0 unspecified atom stereocenters. The number of hydrogen-bond acceptors (Lipinski definition) is 3. The second-order valence-corrected chi connectivity index (χ2v) is 6.15. The Morgan fingerprint density at radius 3 is 2.74 bits per heavy atom. The van der Waals surface area contributed by atoms with E-state index in [-0.39, 0.29) is 5.91 Å². The summed E-state index contributed by atoms with van der Waals surface area (Å²) < 4.78 is 1.95. The number of nitrogens with zero attached hydrogens (tertiary/aromatic N) is 3. The number of rotatable bonds is 4. The predicted molar refractivity (Wildman–Crippen MR) is 107 cm³/mol. The molecule has 0 saturated heterocycles. The zero-order valence-electron chi connectivity index (χ0n) is 14.8. The molecule has 0 spiro atoms. The van der Waals surface area contributed by atoms with E-state index < -0.39 is 0 Å². The predicted octanol–water partition coefficient (Wildman–Crippen LogP) is 4.36. The zero-order chi connectivity index (χ0) is 18.6. The van der Waals surface area contributed by atoms with Gasteiger partial charge in [0.15, 0.2) is 0 Å². The van der Waals surface area contributed by atoms with Crippen LogP contribution < -0.4 is 5.32 Å². The van der Waals surface area contributed by atoms with Crippen LogP contribution in [0, 0.1) is 6.92 Å². The lowest BCUT2D eigenvalue weighted by Gasteiger charge is -2.05. The maximum atomic E-state index is 12.2. The number of nitrogens with one attached hydrogen (secondary N) is 1. The van der Waals surface area contributed by atoms with Crippen molar-refractivity contribution in [3.05, 3.63) is 90.4 Å². The minimum absolute atomic E-state index is 0.176. The number of fused-ring (bicyclic) bond motifs is 1. The summed E-state index contributed by atoms with van der Waals surface area (Å²) in [5.74, 6) is 0.481. The maximum absolute atomic E-state index is 12.2. The SMILES string of the molecule is Cc1c(-c2cccc(NC(=O)/C=C/c3ccccc3)c2)nc2ncccn12. The van der Waals surface area contributed by atoms with E-state index in [1.807, 2.05) is 78.2 Å². The van der Waals surface area contributed by atoms with E-state index in [0.29, 0.717) is 5.78 Å². The van der Waals surface area contributed by atoms with Crippen LogP contribution in [0.25, 0.3) is 23.1 Å². The molecule has 5 nitrogen and oxygen atoms in total. The smallest absolute Gasteiger partial charge is 0.248 e. The van der Waals surface area contributed by atoms with Crippen molar-refractivity contribution in [2.75, 3.05) is 5.32 Å². The van der Waals surface area contributed by atoms with Gasteiger partial charge in [-0.2, -0.15) is 0 Å². The third-order valence-electron chi connectivity index (χ3n) is 4.27. The summed E-state index contributed by atoms with van der Waals surface area (Å²) >= 11 is 0. The van der Waals surface area contributed by atoms with Gasteiger partial charge in [0.1, 0.15) is 0 Å². The fourth-order valence-electron chi connectivity index (χ4n) is 2.94. The summed E-state index contributed by atoms with van der Waals surface area (Å²) in [4.78, 5) is 21.1. The van der Waals surface area contributed by atoms with Crippen LogP contribution in [-0.4, -0.2) is 20.3 Å². The lowest BCUT2D eigenvalue weighted by Crippen LogP contribution is -2.07. The number of amides is 1. The number of aryl methyl sites for hydroxylation is 1. The van der Waals surface area contributed by atoms with Gasteiger partial charge in [0, 0.05) is 35.4 Å². The van der Waals surface area contributed by atoms with Gasteiger partial charge >= 0.3 is 0 Å². The molecule has 0 aliphatic rings. The number of benzene rings is 2. The van der Waals surface area contributed by atoms with Crippen molar-refractivity contribution in [2.24, 2.45) is 0 Å². The van der Waals surface area contributed by atoms with Gasteiger partial charge in [-0.3, -0.25) is 9.20 Å². The van der Waals surface area contributed by atoms with Gasteiger partial charge in [-0.15, -0.1) is 0 Å². The summed E-state index contributed by atoms with van der Waals surface area (Å²) in [6.45, 7) is 2.00. The monoisotopic (exact) mass is 354 g/mol. The van der Waals surface area contributed by atoms with Gasteiger partial charge in [-0.1, -0.05) is 42.5 Å². The molecule has 0 saturated carbocycles. The minimum Gasteiger partial charge on any atom is -0.322 e. The highest BCUT2D eigenvalue weighted by molar-refractivity contribution is 6.02. The van der Waals surface area contributed by atoms with Crippen molar-refractivity contribution in [1.82, 2.24) is 14.4 Å². The van der Waals surface area contributed by atoms with Gasteiger partial charge in [0.05, 0.1) is 5.69 Å². The number of imidazole rings is 1. The summed E-state index contributed by atoms with van der Waals surface area (Å²) in [5.41, 5.74) is 4.49. The average Bonchev–Trinajstić information content (AvgIpc) is 3.04. The molecule has 2 heterocycles. The van der Waals surface area contributed by atoms with Crippen LogP contribution in [0.4, 0.5) is 5.69 Å². The Hall–Kier alpha value is -3.73. The molecule has 132 valence electrons. The number of aromatic nitrogens is 3. The second-order valence-electron chi connectivity index (χ2n) is 6.15. The molecule has 0 bridgehead atoms. The largest absolute Gasteiger partial charge is 0.322 e. The van der Waals surface area contributed by atoms with Gasteiger partial charge in [-0.05, 0) is 36.8 Å². The molecular formula is C22H18N4O. The Bertz CT molecular complexity index is 1130. The molecule has 0 aliphatic heterocycles. The molecule has 4 aromatic rings. The Balaban J connectivity index is 1.56. The Morgan fingerprint density at radius 2 is 1.93 bits per heavy atom. The summed E-state index contributed by atoms with van der Waals surface area (Å²) in [5, 5.41) is 2.90. The summed E-state index contributed by atoms with van der Waals surface area (Å²) in [7, 11) is 0. The molecule has 5 heteroatoms. The first kappa shape index (κ1) is 16.7. The molecule has 2 aromatic carbocycles. The van der Waals surface area contributed by atoms with Crippen molar-refractivity contribution < 1.29 is 4.79 Å². The third kappa shape index (κ3) is 3.62. The number of anilines is 1. The third-order valence-corrected chi connectivity index (χ3v) is 4.27. The van der Waals surface area contributed by atoms with Gasteiger partial charge < -0.3 is 5.32 Å². The van der Waals surface area contributed by atoms with Gasteiger partial charge in [0.2, 0.25) is 11.7 Å². The normalized spacial score (nSPS) is 11.1. The van der Waals surface area contributed by atoms with E-state index >= 15 is 0 Å². The van der Waals surface area contributed by atoms with Crippen LogP contribution >= 0.6 is 0 Å². The molecule has 0 atom stereocenters. The molecule has 27 heavy (non-hydrogen) atoms. The average molecular weight is 354 g/mol. The van der Waals surface area contributed by atoms with Crippen molar-refractivity contribution in [2.45, 2.75) is 6.92 Å². The minimum atomic E-state index is -0.176. The number of carbonyl (C=O) groups excluding carboxylic acids is 1. The first-order valence-electron chi connectivity index (χ1n) is 8.65. The standard InChI is InChI=1S/C22H18N4O/c1-16-21(25-22-23-13-6-14-26(16)22)18-9-5-10-19(15-18)24-20(27)12-11-17-7-3-2-4-8-17/h2-15H,1H3,(H,24,27)/b12-11+. The number of carbonyl (C=O) groups is 1. The molecule has 2 aromatic heterocycles. The highest BCUT2D eigenvalue weighted by Gasteiger charge is 2.11. The summed E-state index contributed by atoms with van der Waals surface area (Å²) in [6.07, 6.45) is 6.98. The Kier molecular flexibility index (Phi) is 4.49. The second kappa shape index (κ2) is 7.25. The number of hydrogen-bond donors (Lipinski definition) is 1. The first-order chi connectivity index (χ1) is 13.2. The molecule has 1 N–H and O–H groups in total. The van der Waals surface area contributed by atoms with Crippen LogP contribution in [0.15, 0.2) is 79.1 Å². The van der Waals surface area contributed by atoms with E-state index in [4.69, 9.17) is 0 Å². The lowest BCUT2D eigenvalue weighted by atomic mass is 10.1. The van der Waals surface area contributed by atoms with E-state index in [2.05, 4.69) is 15.3 Å². The fourth-order valence-corrected chi connectivity index (χ4v) is 2.94. The Labute approximate surface area is 157 Å². The topological polar surface area (TPSA) is 59.3 Å². The maximum Gasteiger partial charge on any atom is 0.248 e. The zero-order valence-corrected chi connectivity index (χ0v) is 14.8. The fraction of sp³-hybridized carbons (Fsp3) is 0.0455. The molecule has 1 amide bonds. The van der Waals surface area contributed by atoms with E-state index in [1.165, 1.54) is 6.08 Å². The molecule has 0 radical (unpaired) electrons. The van der Waals surface area contributed by atoms with Crippen molar-refractivity contribution in [3.63, 3.8) is 0 Å². The van der Waals surface area contributed by atoms with Crippen LogP contribution in [0.5, 0.6) is 0 Å². The van der Waals surface area contributed by atoms with Crippen LogP contribution in [0.2, 0.25) is 0 Å². The summed E-state index contributed by atoms with van der Waals surface area (Å²) in [6, 6.07) is 19.3. The van der Waals surface area contributed by atoms with Gasteiger partial charge in [0.25, 0.3) is 0 Å². The van der Waals surface area contributed by atoms with Crippen molar-refractivity contribution >= 4 is 23.4 Å². The highest BCUT2D eigenvalue weighted by Crippen LogP contribution is 2.25. The Morgan fingerprint density at radius 1 is 1.07 bits per heavy atom. The van der Waals surface area contributed by atoms with Crippen LogP contribution in [-0.2, 0) is 4.79 Å². The van der Waals surface area contributed by atoms with Crippen LogP contribution in [0.1, 0.15) is 11.3 Å².